The van der Waals surface area contributed by atoms with Crippen LogP contribution in [0.4, 0.5) is 0 Å². The number of ketones is 1. The van der Waals surface area contributed by atoms with Gasteiger partial charge in [0.15, 0.2) is 5.78 Å². The first-order chi connectivity index (χ1) is 11.1. The quantitative estimate of drug-likeness (QED) is 0.207. The zero-order chi connectivity index (χ0) is 17.3. The summed E-state index contributed by atoms with van der Waals surface area (Å²) in [6, 6.07) is 0. The molecule has 1 N–H and O–H groups in total. The highest BCUT2D eigenvalue weighted by molar-refractivity contribution is 5.94. The first kappa shape index (κ1) is 22.0. The summed E-state index contributed by atoms with van der Waals surface area (Å²) in [4.78, 5) is 11.3. The lowest BCUT2D eigenvalue weighted by molar-refractivity contribution is -0.115. The third-order valence-electron chi connectivity index (χ3n) is 4.11. The van der Waals surface area contributed by atoms with Gasteiger partial charge in [0.05, 0.1) is 6.61 Å². The normalized spacial score (nSPS) is 10.7. The molecule has 0 radical (unpaired) electrons. The summed E-state index contributed by atoms with van der Waals surface area (Å²) in [7, 11) is 0. The van der Waals surface area contributed by atoms with E-state index in [0.29, 0.717) is 25.0 Å². The lowest BCUT2D eigenvalue weighted by atomic mass is 10.0. The van der Waals surface area contributed by atoms with Gasteiger partial charge in [0, 0.05) is 18.7 Å². The summed E-state index contributed by atoms with van der Waals surface area (Å²) in [5.74, 6) is 0.136. The standard InChI is InChI=1S/C20H37NO2/c1-4-6-7-8-9-10-13-19(21)14-11-12-16-23-17-15-18(3)20(22)5-2/h21H,3-17H2,1-2H3. The van der Waals surface area contributed by atoms with Crippen LogP contribution in [0.1, 0.15) is 90.9 Å². The Balaban J connectivity index is 3.32. The summed E-state index contributed by atoms with van der Waals surface area (Å²) in [5, 5.41) is 7.96. The van der Waals surface area contributed by atoms with E-state index in [0.717, 1.165) is 38.0 Å². The topological polar surface area (TPSA) is 50.1 Å². The summed E-state index contributed by atoms with van der Waals surface area (Å²) >= 11 is 0. The van der Waals surface area contributed by atoms with Crippen LogP contribution in [0.2, 0.25) is 0 Å². The summed E-state index contributed by atoms with van der Waals surface area (Å²) in [6.45, 7) is 9.17. The number of unbranched alkanes of at least 4 members (excludes halogenated alkanes) is 6. The molecule has 0 amide bonds. The molecule has 0 unspecified atom stereocenters. The molecule has 0 rings (SSSR count). The van der Waals surface area contributed by atoms with Crippen molar-refractivity contribution >= 4 is 11.5 Å². The largest absolute Gasteiger partial charge is 0.381 e. The Morgan fingerprint density at radius 3 is 2.13 bits per heavy atom. The minimum absolute atomic E-state index is 0.136. The van der Waals surface area contributed by atoms with Crippen molar-refractivity contribution in [3.8, 4) is 0 Å². The van der Waals surface area contributed by atoms with Gasteiger partial charge in [-0.3, -0.25) is 4.79 Å². The van der Waals surface area contributed by atoms with E-state index in [9.17, 15) is 4.79 Å². The summed E-state index contributed by atoms with van der Waals surface area (Å²) < 4.78 is 5.53. The molecular weight excluding hydrogens is 286 g/mol. The predicted molar refractivity (Wildman–Crippen MR) is 99.4 cm³/mol. The lowest BCUT2D eigenvalue weighted by Crippen LogP contribution is -2.05. The monoisotopic (exact) mass is 323 g/mol. The average molecular weight is 324 g/mol. The van der Waals surface area contributed by atoms with Gasteiger partial charge in [-0.1, -0.05) is 52.5 Å². The fourth-order valence-corrected chi connectivity index (χ4v) is 2.47. The SMILES string of the molecule is C=C(CCOCCCCC(=N)CCCCCCCC)C(=O)CC. The first-order valence-electron chi connectivity index (χ1n) is 9.46. The second-order valence-corrected chi connectivity index (χ2v) is 6.32. The third-order valence-corrected chi connectivity index (χ3v) is 4.11. The Labute approximate surface area is 143 Å². The van der Waals surface area contributed by atoms with Crippen molar-refractivity contribution in [3.05, 3.63) is 12.2 Å². The Morgan fingerprint density at radius 1 is 0.870 bits per heavy atom. The van der Waals surface area contributed by atoms with Gasteiger partial charge in [0.2, 0.25) is 0 Å². The number of nitrogens with one attached hydrogen (secondary N) is 1. The van der Waals surface area contributed by atoms with Gasteiger partial charge in [-0.25, -0.2) is 0 Å². The number of Topliss-reactive ketones (excluding diaryl/α,β-unsaturated/α-hetero) is 1. The van der Waals surface area contributed by atoms with Crippen molar-refractivity contribution in [1.82, 2.24) is 0 Å². The minimum Gasteiger partial charge on any atom is -0.381 e. The summed E-state index contributed by atoms with van der Waals surface area (Å²) in [5.41, 5.74) is 1.57. The van der Waals surface area contributed by atoms with Gasteiger partial charge in [-0.15, -0.1) is 0 Å². The Bertz CT molecular complexity index is 337. The van der Waals surface area contributed by atoms with E-state index >= 15 is 0 Å². The fraction of sp³-hybridized carbons (Fsp3) is 0.800. The number of ether oxygens (including phenoxy) is 1. The molecule has 0 spiro atoms. The van der Waals surface area contributed by atoms with Crippen LogP contribution < -0.4 is 0 Å². The first-order valence-corrected chi connectivity index (χ1v) is 9.46. The van der Waals surface area contributed by atoms with Crippen LogP contribution in [0, 0.1) is 5.41 Å². The highest BCUT2D eigenvalue weighted by Crippen LogP contribution is 2.09. The van der Waals surface area contributed by atoms with Crippen molar-refractivity contribution in [1.29, 1.82) is 5.41 Å². The van der Waals surface area contributed by atoms with Gasteiger partial charge < -0.3 is 10.1 Å². The van der Waals surface area contributed by atoms with Crippen LogP contribution in [0.5, 0.6) is 0 Å². The van der Waals surface area contributed by atoms with Crippen molar-refractivity contribution < 1.29 is 9.53 Å². The van der Waals surface area contributed by atoms with E-state index in [1.54, 1.807) is 0 Å². The highest BCUT2D eigenvalue weighted by atomic mass is 16.5. The number of carbonyl (C=O) groups is 1. The maximum atomic E-state index is 11.3. The zero-order valence-electron chi connectivity index (χ0n) is 15.4. The molecule has 0 heterocycles. The van der Waals surface area contributed by atoms with Gasteiger partial charge in [0.1, 0.15) is 0 Å². The van der Waals surface area contributed by atoms with Crippen LogP contribution in [0.3, 0.4) is 0 Å². The van der Waals surface area contributed by atoms with Crippen LogP contribution in [-0.2, 0) is 9.53 Å². The molecule has 0 aliphatic heterocycles. The Kier molecular flexibility index (Phi) is 15.3. The molecule has 23 heavy (non-hydrogen) atoms. The van der Waals surface area contributed by atoms with Crippen molar-refractivity contribution in [2.24, 2.45) is 0 Å². The van der Waals surface area contributed by atoms with Crippen LogP contribution in [-0.4, -0.2) is 24.7 Å². The number of rotatable bonds is 17. The van der Waals surface area contributed by atoms with Crippen molar-refractivity contribution in [3.63, 3.8) is 0 Å². The second kappa shape index (κ2) is 15.9. The second-order valence-electron chi connectivity index (χ2n) is 6.32. The van der Waals surface area contributed by atoms with Crippen molar-refractivity contribution in [2.75, 3.05) is 13.2 Å². The minimum atomic E-state index is 0.136. The maximum Gasteiger partial charge on any atom is 0.158 e. The van der Waals surface area contributed by atoms with Gasteiger partial charge in [0.25, 0.3) is 0 Å². The summed E-state index contributed by atoms with van der Waals surface area (Å²) in [6.07, 6.45) is 12.8. The van der Waals surface area contributed by atoms with Gasteiger partial charge >= 0.3 is 0 Å². The molecule has 0 saturated carbocycles. The fourth-order valence-electron chi connectivity index (χ4n) is 2.47. The molecule has 0 fully saturated rings. The Morgan fingerprint density at radius 2 is 1.48 bits per heavy atom. The molecule has 0 bridgehead atoms. The molecule has 0 aromatic carbocycles. The molecular formula is C20H37NO2. The Hall–Kier alpha value is -0.960. The highest BCUT2D eigenvalue weighted by Gasteiger charge is 2.03. The number of hydrogen-bond donors (Lipinski definition) is 1. The molecule has 0 aromatic rings. The molecule has 0 aliphatic rings. The van der Waals surface area contributed by atoms with E-state index < -0.39 is 0 Å². The van der Waals surface area contributed by atoms with E-state index in [4.69, 9.17) is 10.1 Å². The average Bonchev–Trinajstić information content (AvgIpc) is 2.56. The lowest BCUT2D eigenvalue weighted by Gasteiger charge is -2.06. The number of carbonyl (C=O) groups excluding carboxylic acids is 1. The van der Waals surface area contributed by atoms with Gasteiger partial charge in [-0.2, -0.15) is 0 Å². The van der Waals surface area contributed by atoms with E-state index in [2.05, 4.69) is 13.5 Å². The van der Waals surface area contributed by atoms with Gasteiger partial charge in [-0.05, 0) is 44.1 Å². The molecule has 0 aliphatic carbocycles. The number of hydrogen-bond acceptors (Lipinski definition) is 3. The molecule has 3 heteroatoms. The molecule has 0 atom stereocenters. The van der Waals surface area contributed by atoms with E-state index in [1.807, 2.05) is 6.92 Å². The smallest absolute Gasteiger partial charge is 0.158 e. The molecule has 134 valence electrons. The zero-order valence-corrected chi connectivity index (χ0v) is 15.4. The van der Waals surface area contributed by atoms with E-state index in [-0.39, 0.29) is 5.78 Å². The van der Waals surface area contributed by atoms with Crippen LogP contribution in [0.15, 0.2) is 12.2 Å². The molecule has 3 nitrogen and oxygen atoms in total. The molecule has 0 aromatic heterocycles. The third kappa shape index (κ3) is 14.4. The molecule has 0 saturated heterocycles. The van der Waals surface area contributed by atoms with E-state index in [1.165, 1.54) is 38.5 Å². The van der Waals surface area contributed by atoms with Crippen LogP contribution in [0.25, 0.3) is 0 Å². The van der Waals surface area contributed by atoms with Crippen molar-refractivity contribution in [2.45, 2.75) is 90.9 Å². The predicted octanol–water partition coefficient (Wildman–Crippen LogP) is 5.87. The van der Waals surface area contributed by atoms with Crippen LogP contribution >= 0.6 is 0 Å². The maximum absolute atomic E-state index is 11.3.